The first kappa shape index (κ1) is 23.5. The minimum Gasteiger partial charge on any atom is -0.445 e. The van der Waals surface area contributed by atoms with Crippen LogP contribution in [0, 0.1) is 11.8 Å². The third-order valence-corrected chi connectivity index (χ3v) is 6.77. The van der Waals surface area contributed by atoms with Crippen LogP contribution in [0.15, 0.2) is 30.3 Å². The van der Waals surface area contributed by atoms with Gasteiger partial charge in [-0.25, -0.2) is 4.79 Å². The number of hydrogen-bond donors (Lipinski definition) is 2. The topological polar surface area (TPSA) is 108 Å². The van der Waals surface area contributed by atoms with Gasteiger partial charge >= 0.3 is 6.09 Å². The van der Waals surface area contributed by atoms with Crippen LogP contribution in [0.4, 0.5) is 4.79 Å². The number of aliphatic hydroxyl groups is 1. The highest BCUT2D eigenvalue weighted by molar-refractivity contribution is 5.96. The molecule has 3 saturated heterocycles. The van der Waals surface area contributed by atoms with Crippen molar-refractivity contribution in [1.82, 2.24) is 15.1 Å². The summed E-state index contributed by atoms with van der Waals surface area (Å²) in [6.45, 7) is 7.89. The number of piperazine rings is 1. The Morgan fingerprint density at radius 2 is 1.94 bits per heavy atom. The van der Waals surface area contributed by atoms with Gasteiger partial charge in [-0.05, 0) is 30.7 Å². The Morgan fingerprint density at radius 3 is 2.58 bits per heavy atom. The van der Waals surface area contributed by atoms with Gasteiger partial charge in [0.15, 0.2) is 0 Å². The number of rotatable bonds is 6. The Bertz CT molecular complexity index is 922. The number of carbonyl (C=O) groups is 3. The summed E-state index contributed by atoms with van der Waals surface area (Å²) in [7, 11) is 0. The largest absolute Gasteiger partial charge is 0.445 e. The van der Waals surface area contributed by atoms with Gasteiger partial charge in [0.2, 0.25) is 11.6 Å². The van der Waals surface area contributed by atoms with E-state index in [1.54, 1.807) is 18.7 Å². The third-order valence-electron chi connectivity index (χ3n) is 6.77. The van der Waals surface area contributed by atoms with Crippen LogP contribution in [0.2, 0.25) is 0 Å². The number of nitrogens with zero attached hydrogens (tertiary/aromatic N) is 2. The molecule has 33 heavy (non-hydrogen) atoms. The summed E-state index contributed by atoms with van der Waals surface area (Å²) in [6.07, 6.45) is 0.762. The van der Waals surface area contributed by atoms with Gasteiger partial charge in [-0.15, -0.1) is 0 Å². The molecule has 0 bridgehead atoms. The smallest absolute Gasteiger partial charge is 0.410 e. The van der Waals surface area contributed by atoms with Gasteiger partial charge in [0, 0.05) is 12.5 Å². The Balaban J connectivity index is 1.64. The van der Waals surface area contributed by atoms with Crippen molar-refractivity contribution in [2.45, 2.75) is 77.3 Å². The standard InChI is InChI=1S/C24H33N3O6/c1-15(2)13-18-20(28)26-12-8-11-19(26)24(31)27(18)21(29)23(33-24,16(3)4)25-22(30)32-14-17-9-6-5-7-10-17/h5-7,9-10,15-16,18-19,31H,8,11-14H2,1-4H3,(H,25,30). The lowest BCUT2D eigenvalue weighted by Gasteiger charge is -2.49. The molecule has 2 N–H and O–H groups in total. The molecule has 3 aliphatic heterocycles. The van der Waals surface area contributed by atoms with Gasteiger partial charge in [-0.1, -0.05) is 58.0 Å². The number of fused-ring (bicyclic) bond motifs is 3. The van der Waals surface area contributed by atoms with Crippen molar-refractivity contribution in [1.29, 1.82) is 0 Å². The second kappa shape index (κ2) is 8.61. The van der Waals surface area contributed by atoms with Gasteiger partial charge in [0.05, 0.1) is 0 Å². The van der Waals surface area contributed by atoms with Crippen LogP contribution < -0.4 is 5.32 Å². The van der Waals surface area contributed by atoms with Gasteiger partial charge in [0.1, 0.15) is 18.7 Å². The molecule has 3 fully saturated rings. The first-order valence-corrected chi connectivity index (χ1v) is 11.7. The molecule has 1 aromatic rings. The highest BCUT2D eigenvalue weighted by atomic mass is 16.7. The molecular formula is C24H33N3O6. The van der Waals surface area contributed by atoms with E-state index in [-0.39, 0.29) is 18.4 Å². The third kappa shape index (κ3) is 3.87. The first-order valence-electron chi connectivity index (χ1n) is 11.7. The number of amides is 3. The van der Waals surface area contributed by atoms with E-state index in [4.69, 9.17) is 9.47 Å². The van der Waals surface area contributed by atoms with Crippen molar-refractivity contribution in [2.24, 2.45) is 11.8 Å². The summed E-state index contributed by atoms with van der Waals surface area (Å²) < 4.78 is 11.5. The number of benzene rings is 1. The van der Waals surface area contributed by atoms with Crippen LogP contribution in [0.3, 0.4) is 0 Å². The molecule has 0 spiro atoms. The Labute approximate surface area is 194 Å². The molecule has 0 saturated carbocycles. The molecule has 3 aliphatic rings. The van der Waals surface area contributed by atoms with E-state index in [1.165, 1.54) is 4.90 Å². The molecule has 0 aliphatic carbocycles. The van der Waals surface area contributed by atoms with Gasteiger partial charge in [-0.3, -0.25) is 24.5 Å². The van der Waals surface area contributed by atoms with Crippen molar-refractivity contribution < 1.29 is 29.0 Å². The summed E-state index contributed by atoms with van der Waals surface area (Å²) in [5, 5.41) is 14.4. The van der Waals surface area contributed by atoms with Crippen molar-refractivity contribution >= 4 is 17.9 Å². The Morgan fingerprint density at radius 1 is 1.24 bits per heavy atom. The zero-order valence-corrected chi connectivity index (χ0v) is 19.6. The Kier molecular flexibility index (Phi) is 6.13. The molecule has 9 heteroatoms. The van der Waals surface area contributed by atoms with Crippen LogP contribution in [-0.4, -0.2) is 63.1 Å². The number of hydrogen-bond acceptors (Lipinski definition) is 6. The number of carbonyl (C=O) groups excluding carboxylic acids is 3. The normalized spacial score (nSPS) is 31.2. The second-order valence-electron chi connectivity index (χ2n) is 9.85. The zero-order valence-electron chi connectivity index (χ0n) is 19.6. The molecule has 3 heterocycles. The molecule has 180 valence electrons. The van der Waals surface area contributed by atoms with E-state index in [1.807, 2.05) is 44.2 Å². The summed E-state index contributed by atoms with van der Waals surface area (Å²) >= 11 is 0. The van der Waals surface area contributed by atoms with E-state index >= 15 is 0 Å². The second-order valence-corrected chi connectivity index (χ2v) is 9.85. The van der Waals surface area contributed by atoms with E-state index < -0.39 is 41.6 Å². The van der Waals surface area contributed by atoms with E-state index in [9.17, 15) is 19.5 Å². The summed E-state index contributed by atoms with van der Waals surface area (Å²) in [5.41, 5.74) is -1.05. The van der Waals surface area contributed by atoms with Gasteiger partial charge in [-0.2, -0.15) is 0 Å². The fourth-order valence-corrected chi connectivity index (χ4v) is 5.12. The maximum absolute atomic E-state index is 13.8. The maximum atomic E-state index is 13.8. The molecule has 0 aromatic heterocycles. The number of nitrogens with one attached hydrogen (secondary N) is 1. The molecule has 9 nitrogen and oxygen atoms in total. The fraction of sp³-hybridized carbons (Fsp3) is 0.625. The fourth-order valence-electron chi connectivity index (χ4n) is 5.12. The lowest BCUT2D eigenvalue weighted by atomic mass is 9.93. The molecule has 4 unspecified atom stereocenters. The van der Waals surface area contributed by atoms with Gasteiger partial charge in [0.25, 0.3) is 11.8 Å². The van der Waals surface area contributed by atoms with Crippen molar-refractivity contribution in [3.63, 3.8) is 0 Å². The highest BCUT2D eigenvalue weighted by Crippen LogP contribution is 2.48. The van der Waals surface area contributed by atoms with E-state index in [2.05, 4.69) is 5.32 Å². The van der Waals surface area contributed by atoms with Gasteiger partial charge < -0.3 is 14.7 Å². The Hall–Kier alpha value is -2.65. The average Bonchev–Trinajstić information content (AvgIpc) is 3.34. The number of alkyl carbamates (subject to hydrolysis) is 1. The van der Waals surface area contributed by atoms with Crippen LogP contribution >= 0.6 is 0 Å². The lowest BCUT2D eigenvalue weighted by Crippen LogP contribution is -2.71. The predicted octanol–water partition coefficient (Wildman–Crippen LogP) is 2.19. The summed E-state index contributed by atoms with van der Waals surface area (Å²) in [6, 6.07) is 7.64. The van der Waals surface area contributed by atoms with Crippen LogP contribution in [-0.2, 0) is 25.7 Å². The maximum Gasteiger partial charge on any atom is 0.410 e. The molecule has 1 aromatic carbocycles. The first-order chi connectivity index (χ1) is 15.6. The van der Waals surface area contributed by atoms with Crippen molar-refractivity contribution in [2.75, 3.05) is 6.54 Å². The summed E-state index contributed by atoms with van der Waals surface area (Å²) in [4.78, 5) is 42.7. The molecule has 3 amide bonds. The van der Waals surface area contributed by atoms with Crippen LogP contribution in [0.25, 0.3) is 0 Å². The van der Waals surface area contributed by atoms with E-state index in [0.29, 0.717) is 25.8 Å². The quantitative estimate of drug-likeness (QED) is 0.675. The van der Waals surface area contributed by atoms with Crippen LogP contribution in [0.5, 0.6) is 0 Å². The number of ether oxygens (including phenoxy) is 2. The predicted molar refractivity (Wildman–Crippen MR) is 118 cm³/mol. The SMILES string of the molecule is CC(C)CC1C(=O)N2CCCC2C2(O)OC(NC(=O)OCc3ccccc3)(C(C)C)C(=O)N12. The highest BCUT2D eigenvalue weighted by Gasteiger charge is 2.71. The minimum atomic E-state index is -2.02. The monoisotopic (exact) mass is 459 g/mol. The molecule has 4 rings (SSSR count). The minimum absolute atomic E-state index is 0.0217. The molecule has 4 atom stereocenters. The lowest BCUT2D eigenvalue weighted by molar-refractivity contribution is -0.322. The zero-order chi connectivity index (χ0) is 24.0. The molecular weight excluding hydrogens is 426 g/mol. The molecule has 0 radical (unpaired) electrons. The average molecular weight is 460 g/mol. The summed E-state index contributed by atoms with van der Waals surface area (Å²) in [5.74, 6) is -3.25. The van der Waals surface area contributed by atoms with E-state index in [0.717, 1.165) is 5.56 Å². The van der Waals surface area contributed by atoms with Crippen molar-refractivity contribution in [3.05, 3.63) is 35.9 Å². The van der Waals surface area contributed by atoms with Crippen LogP contribution in [0.1, 0.15) is 52.5 Å². The van der Waals surface area contributed by atoms with Crippen molar-refractivity contribution in [3.8, 4) is 0 Å².